The van der Waals surface area contributed by atoms with Crippen molar-refractivity contribution in [1.29, 1.82) is 0 Å². The summed E-state index contributed by atoms with van der Waals surface area (Å²) in [5.41, 5.74) is 11.9. The van der Waals surface area contributed by atoms with E-state index in [2.05, 4.69) is 129 Å². The van der Waals surface area contributed by atoms with Crippen molar-refractivity contribution in [2.24, 2.45) is 0 Å². The minimum atomic E-state index is 0.634. The number of hydrogen-bond donors (Lipinski definition) is 0. The van der Waals surface area contributed by atoms with Crippen LogP contribution in [0.1, 0.15) is 0 Å². The van der Waals surface area contributed by atoms with Gasteiger partial charge in [0.2, 0.25) is 0 Å². The van der Waals surface area contributed by atoms with Crippen LogP contribution in [-0.4, -0.2) is 29.1 Å². The average Bonchev–Trinajstić information content (AvgIpc) is 3.79. The Morgan fingerprint density at radius 2 is 0.750 bits per heavy atom. The van der Waals surface area contributed by atoms with E-state index in [-0.39, 0.29) is 0 Å². The van der Waals surface area contributed by atoms with Gasteiger partial charge in [0, 0.05) is 67.6 Å². The fourth-order valence-electron chi connectivity index (χ4n) is 8.04. The summed E-state index contributed by atoms with van der Waals surface area (Å²) >= 11 is 0. The second-order valence-corrected chi connectivity index (χ2v) is 14.0. The van der Waals surface area contributed by atoms with Crippen molar-refractivity contribution < 1.29 is 0 Å². The maximum Gasteiger partial charge on any atom is 0.164 e. The third kappa shape index (κ3) is 5.27. The lowest BCUT2D eigenvalue weighted by molar-refractivity contribution is 1.07. The first kappa shape index (κ1) is 31.8. The summed E-state index contributed by atoms with van der Waals surface area (Å²) in [5.74, 6) is 1.93. The van der Waals surface area contributed by atoms with Crippen molar-refractivity contribution >= 4 is 43.6 Å². The number of fused-ring (bicyclic) bond motifs is 6. The van der Waals surface area contributed by atoms with Crippen LogP contribution in [0.15, 0.2) is 194 Å². The highest BCUT2D eigenvalue weighted by molar-refractivity contribution is 6.12. The smallest absolute Gasteiger partial charge is 0.164 e. The molecule has 6 heteroatoms. The maximum absolute atomic E-state index is 4.95. The van der Waals surface area contributed by atoms with Gasteiger partial charge in [-0.1, -0.05) is 109 Å². The zero-order valence-corrected chi connectivity index (χ0v) is 30.2. The third-order valence-corrected chi connectivity index (χ3v) is 10.7. The van der Waals surface area contributed by atoms with E-state index in [9.17, 15) is 0 Å². The molecule has 0 unspecified atom stereocenters. The van der Waals surface area contributed by atoms with E-state index in [0.717, 1.165) is 50.2 Å². The molecule has 0 bridgehead atoms. The summed E-state index contributed by atoms with van der Waals surface area (Å²) in [6.45, 7) is 0. The van der Waals surface area contributed by atoms with E-state index in [4.69, 9.17) is 15.0 Å². The molecule has 7 aromatic carbocycles. The van der Waals surface area contributed by atoms with E-state index in [0.29, 0.717) is 17.5 Å². The molecule has 6 nitrogen and oxygen atoms in total. The molecule has 0 aliphatic heterocycles. The molecule has 0 spiro atoms. The number of pyridine rings is 1. The number of nitrogens with zero attached hydrogens (tertiary/aromatic N) is 6. The quantitative estimate of drug-likeness (QED) is 0.172. The fraction of sp³-hybridized carbons (Fsp3) is 0. The van der Waals surface area contributed by atoms with Crippen molar-refractivity contribution in [3.63, 3.8) is 0 Å². The van der Waals surface area contributed by atoms with Crippen LogP contribution >= 0.6 is 0 Å². The lowest BCUT2D eigenvalue weighted by Crippen LogP contribution is -2.00. The summed E-state index contributed by atoms with van der Waals surface area (Å²) in [7, 11) is 0. The Hall–Kier alpha value is -7.70. The number of aromatic nitrogens is 6. The molecule has 0 N–H and O–H groups in total. The molecule has 4 heterocycles. The average molecular weight is 717 g/mol. The second kappa shape index (κ2) is 13.0. The second-order valence-electron chi connectivity index (χ2n) is 14.0. The van der Waals surface area contributed by atoms with Gasteiger partial charge < -0.3 is 9.13 Å². The predicted molar refractivity (Wildman–Crippen MR) is 228 cm³/mol. The van der Waals surface area contributed by atoms with Gasteiger partial charge in [0.25, 0.3) is 0 Å². The molecular formula is C50H32N6. The molecule has 11 aromatic rings. The standard InChI is InChI=1S/C50H32N6/c1-3-12-33(13-4-1)48-52-49(34-14-5-2-6-15-34)54-50(53-48)35-21-24-38(25-22-35)55-44-19-9-8-18-41(44)43-31-39(26-28-47(43)55)56-45-20-10-7-17-40(45)42-30-36(23-27-46(42)56)37-16-11-29-51-32-37/h1-32H. The lowest BCUT2D eigenvalue weighted by atomic mass is 10.0. The zero-order chi connectivity index (χ0) is 37.0. The molecule has 0 atom stereocenters. The van der Waals surface area contributed by atoms with Crippen molar-refractivity contribution in [2.75, 3.05) is 0 Å². The Morgan fingerprint density at radius 3 is 1.34 bits per heavy atom. The zero-order valence-electron chi connectivity index (χ0n) is 30.2. The van der Waals surface area contributed by atoms with Crippen molar-refractivity contribution in [3.8, 4) is 56.7 Å². The lowest BCUT2D eigenvalue weighted by Gasteiger charge is -2.12. The SMILES string of the molecule is c1ccc(-c2nc(-c3ccccc3)nc(-c3ccc(-n4c5ccccc5c5cc(-n6c7ccccc7c7cc(-c8cccnc8)ccc76)ccc54)cc3)n2)cc1. The largest absolute Gasteiger partial charge is 0.309 e. The first-order chi connectivity index (χ1) is 27.8. The minimum absolute atomic E-state index is 0.634. The van der Waals surface area contributed by atoms with Gasteiger partial charge in [-0.3, -0.25) is 4.98 Å². The summed E-state index contributed by atoms with van der Waals surface area (Å²) in [5, 5.41) is 4.83. The Morgan fingerprint density at radius 1 is 0.304 bits per heavy atom. The van der Waals surface area contributed by atoms with Crippen LogP contribution in [0.2, 0.25) is 0 Å². The van der Waals surface area contributed by atoms with Crippen LogP contribution in [0.25, 0.3) is 100 Å². The van der Waals surface area contributed by atoms with Gasteiger partial charge >= 0.3 is 0 Å². The molecule has 11 rings (SSSR count). The molecule has 0 aliphatic carbocycles. The minimum Gasteiger partial charge on any atom is -0.309 e. The Kier molecular flexibility index (Phi) is 7.38. The summed E-state index contributed by atoms with van der Waals surface area (Å²) in [4.78, 5) is 19.1. The monoisotopic (exact) mass is 716 g/mol. The highest BCUT2D eigenvalue weighted by Gasteiger charge is 2.18. The van der Waals surface area contributed by atoms with Gasteiger partial charge in [-0.2, -0.15) is 0 Å². The molecule has 0 saturated heterocycles. The first-order valence-electron chi connectivity index (χ1n) is 18.7. The normalized spacial score (nSPS) is 11.6. The molecule has 0 saturated carbocycles. The van der Waals surface area contributed by atoms with E-state index in [1.165, 1.54) is 32.6 Å². The van der Waals surface area contributed by atoms with Crippen LogP contribution in [0, 0.1) is 0 Å². The van der Waals surface area contributed by atoms with Crippen LogP contribution in [0.4, 0.5) is 0 Å². The Balaban J connectivity index is 1.03. The molecule has 0 fully saturated rings. The molecule has 0 radical (unpaired) electrons. The van der Waals surface area contributed by atoms with Gasteiger partial charge in [-0.25, -0.2) is 15.0 Å². The van der Waals surface area contributed by atoms with Gasteiger partial charge in [0.05, 0.1) is 22.1 Å². The van der Waals surface area contributed by atoms with E-state index < -0.39 is 0 Å². The van der Waals surface area contributed by atoms with Crippen LogP contribution in [-0.2, 0) is 0 Å². The number of benzene rings is 7. The molecule has 56 heavy (non-hydrogen) atoms. The van der Waals surface area contributed by atoms with Crippen molar-refractivity contribution in [3.05, 3.63) is 194 Å². The van der Waals surface area contributed by atoms with Gasteiger partial charge in [0.15, 0.2) is 17.5 Å². The van der Waals surface area contributed by atoms with Crippen LogP contribution in [0.5, 0.6) is 0 Å². The molecule has 4 aromatic heterocycles. The van der Waals surface area contributed by atoms with Crippen molar-refractivity contribution in [2.45, 2.75) is 0 Å². The van der Waals surface area contributed by atoms with E-state index in [1.54, 1.807) is 0 Å². The number of hydrogen-bond acceptors (Lipinski definition) is 4. The van der Waals surface area contributed by atoms with Gasteiger partial charge in [0.1, 0.15) is 0 Å². The fourth-order valence-corrected chi connectivity index (χ4v) is 8.04. The topological polar surface area (TPSA) is 61.4 Å². The van der Waals surface area contributed by atoms with E-state index >= 15 is 0 Å². The van der Waals surface area contributed by atoms with E-state index in [1.807, 2.05) is 79.1 Å². The third-order valence-electron chi connectivity index (χ3n) is 10.7. The predicted octanol–water partition coefficient (Wildman–Crippen LogP) is 12.1. The van der Waals surface area contributed by atoms with Gasteiger partial charge in [-0.15, -0.1) is 0 Å². The summed E-state index contributed by atoms with van der Waals surface area (Å²) in [6.07, 6.45) is 3.74. The summed E-state index contributed by atoms with van der Waals surface area (Å²) < 4.78 is 4.74. The summed E-state index contributed by atoms with van der Waals surface area (Å²) in [6, 6.07) is 63.7. The molecular weight excluding hydrogens is 685 g/mol. The molecule has 262 valence electrons. The number of para-hydroxylation sites is 2. The highest BCUT2D eigenvalue weighted by Crippen LogP contribution is 2.38. The number of rotatable bonds is 6. The van der Waals surface area contributed by atoms with Crippen LogP contribution < -0.4 is 0 Å². The maximum atomic E-state index is 4.95. The first-order valence-corrected chi connectivity index (χ1v) is 18.7. The highest BCUT2D eigenvalue weighted by atomic mass is 15.0. The molecule has 0 aliphatic rings. The molecule has 0 amide bonds. The van der Waals surface area contributed by atoms with Crippen LogP contribution in [0.3, 0.4) is 0 Å². The Labute approximate surface area is 322 Å². The Bertz CT molecular complexity index is 3160. The van der Waals surface area contributed by atoms with Gasteiger partial charge in [-0.05, 0) is 78.4 Å². The van der Waals surface area contributed by atoms with Crippen molar-refractivity contribution in [1.82, 2.24) is 29.1 Å².